The molecule has 0 atom stereocenters. The van der Waals surface area contributed by atoms with Crippen molar-refractivity contribution >= 4 is 11.9 Å². The minimum absolute atomic E-state index is 0. The van der Waals surface area contributed by atoms with E-state index in [4.69, 9.17) is 30.6 Å². The molecule has 0 aromatic carbocycles. The summed E-state index contributed by atoms with van der Waals surface area (Å²) in [5.74, 6) is -2.73. The van der Waals surface area contributed by atoms with Gasteiger partial charge in [-0.2, -0.15) is 0 Å². The Morgan fingerprint density at radius 2 is 0.603 bits per heavy atom. The number of pyridine rings is 6. The van der Waals surface area contributed by atoms with E-state index in [1.807, 2.05) is 109 Å². The van der Waals surface area contributed by atoms with Crippen LogP contribution in [0.4, 0.5) is 0 Å². The molecule has 0 unspecified atom stereocenters. The van der Waals surface area contributed by atoms with Gasteiger partial charge in [-0.05, 0) is 85.6 Å². The number of carbonyl (C=O) groups excluding carboxylic acids is 2. The first-order valence-electron chi connectivity index (χ1n) is 14.6. The predicted octanol–water partition coefficient (Wildman–Crippen LogP) is -0.299. The van der Waals surface area contributed by atoms with Crippen LogP contribution in [0.3, 0.4) is 0 Å². The van der Waals surface area contributed by atoms with E-state index in [2.05, 4.69) is 29.9 Å². The molecule has 2 radical (unpaired) electrons. The van der Waals surface area contributed by atoms with Gasteiger partial charge in [-0.3, -0.25) is 19.9 Å². The molecule has 6 heterocycles. The largest absolute Gasteiger partial charge is 2.00 e. The molecule has 6 aromatic heterocycles. The topological polar surface area (TPSA) is 419 Å². The summed E-state index contributed by atoms with van der Waals surface area (Å²) in [6.45, 7) is 0. The van der Waals surface area contributed by atoms with Gasteiger partial charge in [0.15, 0.2) is 0 Å². The fourth-order valence-electron chi connectivity index (χ4n) is 3.70. The molecule has 0 amide bonds. The van der Waals surface area contributed by atoms with Crippen molar-refractivity contribution in [3.8, 4) is 45.6 Å². The third-order valence-electron chi connectivity index (χ3n) is 5.74. The zero-order chi connectivity index (χ0) is 38.1. The molecule has 10 N–H and O–H groups in total. The Kier molecular flexibility index (Phi) is 36.0. The SMILES string of the molecule is O.O.O=C([O-])CCC(=O)[O-].O=[N+]([O-])[O-].O=[N+]([O-])[O-].[Cu+2].[Cu+2].[OH3+].[OH3+].c1ccc(-c2cccc(-c3ccccn3)n2)nc1.c1ccc(-c2cccc(-c3ccccn3)n2)nc1. The molecule has 316 valence electrons. The maximum absolute atomic E-state index is 9.50. The van der Waals surface area contributed by atoms with Crippen molar-refractivity contribution in [2.24, 2.45) is 0 Å². The van der Waals surface area contributed by atoms with Crippen molar-refractivity contribution in [2.45, 2.75) is 12.8 Å². The first kappa shape index (κ1) is 60.4. The third kappa shape index (κ3) is 26.0. The van der Waals surface area contributed by atoms with E-state index in [0.29, 0.717) is 0 Å². The Hall–Kier alpha value is -6.88. The van der Waals surface area contributed by atoms with E-state index in [-0.39, 0.29) is 56.0 Å². The van der Waals surface area contributed by atoms with Gasteiger partial charge in [0, 0.05) is 36.7 Å². The van der Waals surface area contributed by atoms with E-state index in [1.165, 1.54) is 0 Å². The zero-order valence-electron chi connectivity index (χ0n) is 29.5. The molecule has 0 aliphatic rings. The Balaban J connectivity index is -0.000000221. The standard InChI is InChI=1S/2C15H11N3.C4H6O4.2Cu.2NO3.4H2O/c2*1-3-10-16-12(6-1)14-8-5-9-15(18-14)13-7-2-4-11-17-13;5-3(6)1-2-4(7)8;;;2*2-1(3)4;;;;/h2*1-11H;1-2H2,(H,5,6)(H,7,8);;;;;4*1H2/q;;;2*+2;2*-1;;;;. The van der Waals surface area contributed by atoms with Crippen LogP contribution in [0.15, 0.2) is 134 Å². The number of hydrogen-bond donors (Lipinski definition) is 0. The normalized spacial score (nSPS) is 8.34. The number of carboxylic acids is 2. The third-order valence-corrected chi connectivity index (χ3v) is 5.74. The summed E-state index contributed by atoms with van der Waals surface area (Å²) in [6, 6.07) is 35.0. The van der Waals surface area contributed by atoms with E-state index < -0.39 is 35.0 Å². The van der Waals surface area contributed by atoms with Crippen LogP contribution in [0.1, 0.15) is 12.8 Å². The van der Waals surface area contributed by atoms with E-state index >= 15 is 0 Å². The Morgan fingerprint density at radius 3 is 0.759 bits per heavy atom. The van der Waals surface area contributed by atoms with Crippen LogP contribution in [0.2, 0.25) is 0 Å². The Labute approximate surface area is 349 Å². The van der Waals surface area contributed by atoms with E-state index in [0.717, 1.165) is 45.6 Å². The first-order valence-corrected chi connectivity index (χ1v) is 14.6. The van der Waals surface area contributed by atoms with Gasteiger partial charge in [-0.1, -0.05) is 36.4 Å². The van der Waals surface area contributed by atoms with Crippen LogP contribution < -0.4 is 10.2 Å². The molecule has 0 bridgehead atoms. The second kappa shape index (κ2) is 34.6. The minimum atomic E-state index is -1.75. The van der Waals surface area contributed by atoms with Gasteiger partial charge in [0.1, 0.15) is 0 Å². The van der Waals surface area contributed by atoms with Crippen molar-refractivity contribution in [1.82, 2.24) is 29.9 Å². The van der Waals surface area contributed by atoms with Crippen LogP contribution in [-0.2, 0) is 54.7 Å². The van der Waals surface area contributed by atoms with Crippen LogP contribution >= 0.6 is 0 Å². The number of rotatable bonds is 7. The molecule has 6 rings (SSSR count). The summed E-state index contributed by atoms with van der Waals surface area (Å²) in [5.41, 5.74) is 6.92. The average Bonchev–Trinajstić information content (AvgIpc) is 3.16. The summed E-state index contributed by atoms with van der Waals surface area (Å²) >= 11 is 0. The van der Waals surface area contributed by atoms with Gasteiger partial charge >= 0.3 is 34.1 Å². The van der Waals surface area contributed by atoms with Gasteiger partial charge in [-0.15, -0.1) is 0 Å². The molecule has 0 saturated carbocycles. The molecule has 0 aliphatic heterocycles. The number of carbonyl (C=O) groups is 2. The predicted molar refractivity (Wildman–Crippen MR) is 198 cm³/mol. The molecule has 24 heteroatoms. The van der Waals surface area contributed by atoms with E-state index in [1.54, 1.807) is 24.8 Å². The molecule has 0 saturated heterocycles. The van der Waals surface area contributed by atoms with Crippen molar-refractivity contribution in [1.29, 1.82) is 0 Å². The molecule has 22 nitrogen and oxygen atoms in total. The fourth-order valence-corrected chi connectivity index (χ4v) is 3.70. The number of aliphatic carboxylic acids is 2. The molecule has 6 aromatic rings. The van der Waals surface area contributed by atoms with E-state index in [9.17, 15) is 19.8 Å². The summed E-state index contributed by atoms with van der Waals surface area (Å²) < 4.78 is 0. The maximum atomic E-state index is 9.50. The fraction of sp³-hybridized carbons (Fsp3) is 0.0588. The van der Waals surface area contributed by atoms with Gasteiger partial charge in [-0.25, -0.2) is 9.97 Å². The quantitative estimate of drug-likeness (QED) is 0.0859. The molecular weight excluding hydrogens is 872 g/mol. The average molecular weight is 908 g/mol. The number of aromatic nitrogens is 6. The van der Waals surface area contributed by atoms with Gasteiger partial charge in [0.2, 0.25) is 0 Å². The maximum Gasteiger partial charge on any atom is 2.00 e. The summed E-state index contributed by atoms with van der Waals surface area (Å²) in [5, 5.41) is 48.5. The second-order valence-corrected chi connectivity index (χ2v) is 9.37. The number of carboxylic acid groups (broad SMARTS) is 2. The van der Waals surface area contributed by atoms with Crippen molar-refractivity contribution < 1.29 is 86.0 Å². The summed E-state index contributed by atoms with van der Waals surface area (Å²) in [6.07, 6.45) is 6.13. The summed E-state index contributed by atoms with van der Waals surface area (Å²) in [7, 11) is 0. The van der Waals surface area contributed by atoms with Gasteiger partial charge in [0.05, 0.1) is 55.7 Å². The van der Waals surface area contributed by atoms with Crippen LogP contribution in [0.25, 0.3) is 45.6 Å². The number of hydrogen-bond acceptors (Lipinski definition) is 16. The van der Waals surface area contributed by atoms with Gasteiger partial charge < -0.3 is 72.4 Å². The van der Waals surface area contributed by atoms with Crippen molar-refractivity contribution in [3.05, 3.63) is 165 Å². The zero-order valence-corrected chi connectivity index (χ0v) is 31.4. The molecule has 0 fully saturated rings. The molecular formula is C34H36Cu2N8O14+2. The molecule has 0 spiro atoms. The Bertz CT molecular complexity index is 1740. The Morgan fingerprint density at radius 1 is 0.414 bits per heavy atom. The van der Waals surface area contributed by atoms with Crippen molar-refractivity contribution in [2.75, 3.05) is 0 Å². The second-order valence-electron chi connectivity index (χ2n) is 9.37. The van der Waals surface area contributed by atoms with Crippen LogP contribution in [0, 0.1) is 30.6 Å². The minimum Gasteiger partial charge on any atom is -0.550 e. The van der Waals surface area contributed by atoms with Gasteiger partial charge in [0.25, 0.3) is 0 Å². The van der Waals surface area contributed by atoms with Crippen molar-refractivity contribution in [3.63, 3.8) is 0 Å². The first-order chi connectivity index (χ1) is 25.0. The molecule has 0 aliphatic carbocycles. The summed E-state index contributed by atoms with van der Waals surface area (Å²) in [4.78, 5) is 61.9. The smallest absolute Gasteiger partial charge is 0.550 e. The van der Waals surface area contributed by atoms with Crippen LogP contribution in [-0.4, -0.2) is 63.0 Å². The monoisotopic (exact) mass is 906 g/mol. The number of nitrogens with zero attached hydrogens (tertiary/aromatic N) is 8. The van der Waals surface area contributed by atoms with Crippen LogP contribution in [0.5, 0.6) is 0 Å². The molecule has 58 heavy (non-hydrogen) atoms.